The van der Waals surface area contributed by atoms with Gasteiger partial charge in [-0.2, -0.15) is 18.3 Å². The standard InChI is InChI=1S/C12H11BrF3N3/c13-9-6-18-19(7-9)10-2-1-8(3-4-17)11(5-10)12(14,15)16/h1-2,5-7H,3-4,17H2. The number of nitrogens with zero attached hydrogens (tertiary/aromatic N) is 2. The molecule has 19 heavy (non-hydrogen) atoms. The monoisotopic (exact) mass is 333 g/mol. The average molecular weight is 334 g/mol. The normalized spacial score (nSPS) is 11.8. The van der Waals surface area contributed by atoms with Gasteiger partial charge in [0.05, 0.1) is 21.9 Å². The maximum Gasteiger partial charge on any atom is 0.416 e. The maximum atomic E-state index is 13.0. The van der Waals surface area contributed by atoms with E-state index in [9.17, 15) is 13.2 Å². The van der Waals surface area contributed by atoms with Crippen LogP contribution in [0.1, 0.15) is 11.1 Å². The molecule has 0 aliphatic rings. The Morgan fingerprint density at radius 3 is 2.58 bits per heavy atom. The number of hydrogen-bond acceptors (Lipinski definition) is 2. The Morgan fingerprint density at radius 2 is 2.05 bits per heavy atom. The van der Waals surface area contributed by atoms with E-state index < -0.39 is 11.7 Å². The first kappa shape index (κ1) is 14.1. The van der Waals surface area contributed by atoms with Gasteiger partial charge in [0.25, 0.3) is 0 Å². The molecule has 0 saturated carbocycles. The topological polar surface area (TPSA) is 43.8 Å². The van der Waals surface area contributed by atoms with Crippen LogP contribution >= 0.6 is 15.9 Å². The molecule has 0 saturated heterocycles. The lowest BCUT2D eigenvalue weighted by atomic mass is 10.0. The summed E-state index contributed by atoms with van der Waals surface area (Å²) in [6.07, 6.45) is -1.10. The molecule has 3 nitrogen and oxygen atoms in total. The summed E-state index contributed by atoms with van der Waals surface area (Å²) in [5.74, 6) is 0. The molecule has 0 fully saturated rings. The first-order valence-electron chi connectivity index (χ1n) is 5.52. The van der Waals surface area contributed by atoms with Crippen molar-refractivity contribution < 1.29 is 13.2 Å². The van der Waals surface area contributed by atoms with Crippen LogP contribution in [0.25, 0.3) is 5.69 Å². The van der Waals surface area contributed by atoms with Crippen molar-refractivity contribution in [2.45, 2.75) is 12.6 Å². The molecule has 0 radical (unpaired) electrons. The first-order chi connectivity index (χ1) is 8.91. The van der Waals surface area contributed by atoms with E-state index in [-0.39, 0.29) is 18.5 Å². The summed E-state index contributed by atoms with van der Waals surface area (Å²) >= 11 is 3.20. The smallest absolute Gasteiger partial charge is 0.330 e. The zero-order valence-electron chi connectivity index (χ0n) is 9.78. The van der Waals surface area contributed by atoms with Gasteiger partial charge in [-0.3, -0.25) is 0 Å². The molecule has 0 unspecified atom stereocenters. The summed E-state index contributed by atoms with van der Waals surface area (Å²) < 4.78 is 41.1. The van der Waals surface area contributed by atoms with Crippen molar-refractivity contribution in [2.75, 3.05) is 6.54 Å². The molecular weight excluding hydrogens is 323 g/mol. The Balaban J connectivity index is 2.49. The van der Waals surface area contributed by atoms with E-state index in [1.807, 2.05) is 0 Å². The van der Waals surface area contributed by atoms with E-state index in [4.69, 9.17) is 5.73 Å². The van der Waals surface area contributed by atoms with Crippen LogP contribution in [0, 0.1) is 0 Å². The number of benzene rings is 1. The zero-order chi connectivity index (χ0) is 14.0. The third-order valence-electron chi connectivity index (χ3n) is 2.63. The van der Waals surface area contributed by atoms with Crippen molar-refractivity contribution in [3.63, 3.8) is 0 Å². The van der Waals surface area contributed by atoms with Crippen LogP contribution in [0.3, 0.4) is 0 Å². The molecule has 2 N–H and O–H groups in total. The first-order valence-corrected chi connectivity index (χ1v) is 6.32. The molecule has 1 aromatic carbocycles. The third kappa shape index (κ3) is 3.16. The lowest BCUT2D eigenvalue weighted by Crippen LogP contribution is -2.13. The van der Waals surface area contributed by atoms with Crippen LogP contribution in [0.5, 0.6) is 0 Å². The van der Waals surface area contributed by atoms with Gasteiger partial charge in [0.2, 0.25) is 0 Å². The molecule has 0 aliphatic carbocycles. The van der Waals surface area contributed by atoms with Gasteiger partial charge in [-0.15, -0.1) is 0 Å². The highest BCUT2D eigenvalue weighted by atomic mass is 79.9. The van der Waals surface area contributed by atoms with Crippen LogP contribution < -0.4 is 5.73 Å². The number of halogens is 4. The molecule has 2 rings (SSSR count). The number of alkyl halides is 3. The summed E-state index contributed by atoms with van der Waals surface area (Å²) in [5.41, 5.74) is 5.23. The highest BCUT2D eigenvalue weighted by Gasteiger charge is 2.33. The highest BCUT2D eigenvalue weighted by Crippen LogP contribution is 2.33. The molecule has 0 bridgehead atoms. The Hall–Kier alpha value is -1.34. The van der Waals surface area contributed by atoms with Crippen molar-refractivity contribution in [2.24, 2.45) is 5.73 Å². The van der Waals surface area contributed by atoms with Gasteiger partial charge in [0, 0.05) is 6.20 Å². The predicted molar refractivity (Wildman–Crippen MR) is 69.0 cm³/mol. The summed E-state index contributed by atoms with van der Waals surface area (Å²) in [6.45, 7) is 0.176. The maximum absolute atomic E-state index is 13.0. The molecule has 1 aromatic heterocycles. The summed E-state index contributed by atoms with van der Waals surface area (Å²) in [6, 6.07) is 4.13. The number of nitrogens with two attached hydrogens (primary N) is 1. The molecule has 0 amide bonds. The van der Waals surface area contributed by atoms with Crippen molar-refractivity contribution in [1.29, 1.82) is 0 Å². The minimum absolute atomic E-state index is 0.176. The number of hydrogen-bond donors (Lipinski definition) is 1. The van der Waals surface area contributed by atoms with Crippen LogP contribution in [0.4, 0.5) is 13.2 Å². The van der Waals surface area contributed by atoms with Crippen LogP contribution in [-0.2, 0) is 12.6 Å². The Kier molecular flexibility index (Phi) is 3.96. The lowest BCUT2D eigenvalue weighted by molar-refractivity contribution is -0.138. The second kappa shape index (κ2) is 5.34. The summed E-state index contributed by atoms with van der Waals surface area (Å²) in [5, 5.41) is 3.96. The SMILES string of the molecule is NCCc1ccc(-n2cc(Br)cn2)cc1C(F)(F)F. The van der Waals surface area contributed by atoms with E-state index >= 15 is 0 Å². The quantitative estimate of drug-likeness (QED) is 0.937. The highest BCUT2D eigenvalue weighted by molar-refractivity contribution is 9.10. The van der Waals surface area contributed by atoms with Crippen molar-refractivity contribution in [3.8, 4) is 5.69 Å². The summed E-state index contributed by atoms with van der Waals surface area (Å²) in [7, 11) is 0. The van der Waals surface area contributed by atoms with E-state index in [1.165, 1.54) is 16.9 Å². The Morgan fingerprint density at radius 1 is 1.32 bits per heavy atom. The van der Waals surface area contributed by atoms with Crippen LogP contribution in [0.15, 0.2) is 35.1 Å². The van der Waals surface area contributed by atoms with Crippen molar-refractivity contribution in [1.82, 2.24) is 9.78 Å². The molecule has 102 valence electrons. The molecule has 2 aromatic rings. The Labute approximate surface area is 116 Å². The molecule has 0 atom stereocenters. The van der Waals surface area contributed by atoms with Gasteiger partial charge in [-0.05, 0) is 46.6 Å². The number of rotatable bonds is 3. The van der Waals surface area contributed by atoms with Gasteiger partial charge in [-0.25, -0.2) is 4.68 Å². The molecule has 0 spiro atoms. The van der Waals surface area contributed by atoms with E-state index in [0.717, 1.165) is 6.07 Å². The van der Waals surface area contributed by atoms with E-state index in [2.05, 4.69) is 21.0 Å². The second-order valence-corrected chi connectivity index (χ2v) is 4.90. The third-order valence-corrected chi connectivity index (χ3v) is 3.04. The fourth-order valence-electron chi connectivity index (χ4n) is 1.79. The molecule has 1 heterocycles. The second-order valence-electron chi connectivity index (χ2n) is 3.98. The average Bonchev–Trinajstić information content (AvgIpc) is 2.75. The molecular formula is C12H11BrF3N3. The predicted octanol–water partition coefficient (Wildman–Crippen LogP) is 3.15. The Bertz CT molecular complexity index is 578. The molecule has 7 heteroatoms. The number of aromatic nitrogens is 2. The van der Waals surface area contributed by atoms with Crippen LogP contribution in [0.2, 0.25) is 0 Å². The minimum atomic E-state index is -4.40. The summed E-state index contributed by atoms with van der Waals surface area (Å²) in [4.78, 5) is 0. The largest absolute Gasteiger partial charge is 0.416 e. The van der Waals surface area contributed by atoms with Gasteiger partial charge < -0.3 is 5.73 Å². The zero-order valence-corrected chi connectivity index (χ0v) is 11.4. The van der Waals surface area contributed by atoms with Crippen molar-refractivity contribution >= 4 is 15.9 Å². The van der Waals surface area contributed by atoms with Crippen molar-refractivity contribution in [3.05, 3.63) is 46.2 Å². The lowest BCUT2D eigenvalue weighted by Gasteiger charge is -2.14. The van der Waals surface area contributed by atoms with Gasteiger partial charge >= 0.3 is 6.18 Å². The van der Waals surface area contributed by atoms with E-state index in [0.29, 0.717) is 10.2 Å². The van der Waals surface area contributed by atoms with Gasteiger partial charge in [-0.1, -0.05) is 6.07 Å². The fourth-order valence-corrected chi connectivity index (χ4v) is 2.07. The van der Waals surface area contributed by atoms with Gasteiger partial charge in [0.15, 0.2) is 0 Å². The van der Waals surface area contributed by atoms with E-state index in [1.54, 1.807) is 12.3 Å². The minimum Gasteiger partial charge on any atom is -0.330 e. The molecule has 0 aliphatic heterocycles. The van der Waals surface area contributed by atoms with Gasteiger partial charge in [0.1, 0.15) is 0 Å². The fraction of sp³-hybridized carbons (Fsp3) is 0.250. The van der Waals surface area contributed by atoms with Crippen LogP contribution in [-0.4, -0.2) is 16.3 Å².